The molecule has 440 valence electrons. The fraction of sp³-hybridized carbons (Fsp3) is 0.857. The van der Waals surface area contributed by atoms with E-state index in [0.717, 1.165) is 64.2 Å². The van der Waals surface area contributed by atoms with Gasteiger partial charge in [-0.2, -0.15) is 0 Å². The molecule has 5 heteroatoms. The molecule has 0 fully saturated rings. The van der Waals surface area contributed by atoms with Crippen LogP contribution in [-0.2, 0) is 19.1 Å². The average molecular weight is 1050 g/mol. The van der Waals surface area contributed by atoms with Crippen molar-refractivity contribution in [2.45, 2.75) is 373 Å². The number of hydrogen-bond acceptors (Lipinski definition) is 5. The van der Waals surface area contributed by atoms with Gasteiger partial charge in [0.2, 0.25) is 0 Å². The second-order valence-electron chi connectivity index (χ2n) is 22.9. The first kappa shape index (κ1) is 72.9. The van der Waals surface area contributed by atoms with E-state index >= 15 is 0 Å². The van der Waals surface area contributed by atoms with Crippen molar-refractivity contribution in [2.75, 3.05) is 13.2 Å². The lowest BCUT2D eigenvalue weighted by atomic mass is 10.0. The number of aliphatic hydroxyl groups excluding tert-OH is 1. The van der Waals surface area contributed by atoms with E-state index in [-0.39, 0.29) is 25.2 Å². The second-order valence-corrected chi connectivity index (χ2v) is 22.9. The van der Waals surface area contributed by atoms with Crippen molar-refractivity contribution in [3.05, 3.63) is 48.6 Å². The van der Waals surface area contributed by atoms with Crippen molar-refractivity contribution in [3.8, 4) is 0 Å². The molecule has 1 atom stereocenters. The van der Waals surface area contributed by atoms with Gasteiger partial charge in [0.25, 0.3) is 0 Å². The van der Waals surface area contributed by atoms with Gasteiger partial charge in [-0.05, 0) is 51.4 Å². The van der Waals surface area contributed by atoms with E-state index in [1.165, 1.54) is 276 Å². The summed E-state index contributed by atoms with van der Waals surface area (Å²) in [4.78, 5) is 24.6. The van der Waals surface area contributed by atoms with Crippen LogP contribution >= 0.6 is 0 Å². The molecule has 0 rings (SSSR count). The standard InChI is InChI=1S/C70H130O5/c1-3-5-7-9-11-13-15-17-19-21-23-25-27-28-29-30-31-32-33-34-35-36-37-38-39-40-41-43-44-46-48-50-52-54-56-58-60-62-64-69(72)74-67-68(66-71)75-70(73)65-63-61-59-57-55-53-51-49-47-45-42-26-24-22-20-18-16-14-12-10-8-6-4-2/h6,8,12,14,18,20,24,26,68,71H,3-5,7,9-11,13,15-17,19,21-23,25,27-67H2,1-2H3/b8-6-,14-12-,20-18-,26-24-. The number of carbonyl (C=O) groups is 2. The number of carbonyl (C=O) groups excluding carboxylic acids is 2. The molecule has 0 aliphatic rings. The van der Waals surface area contributed by atoms with Gasteiger partial charge in [-0.1, -0.05) is 351 Å². The summed E-state index contributed by atoms with van der Waals surface area (Å²) in [6, 6.07) is 0. The number of esters is 2. The van der Waals surface area contributed by atoms with Crippen molar-refractivity contribution in [2.24, 2.45) is 0 Å². The van der Waals surface area contributed by atoms with Gasteiger partial charge in [0.15, 0.2) is 6.10 Å². The van der Waals surface area contributed by atoms with Gasteiger partial charge in [-0.25, -0.2) is 0 Å². The number of unbranched alkanes of at least 4 members (excludes halogenated alkanes) is 47. The molecule has 0 aliphatic carbocycles. The minimum atomic E-state index is -0.775. The normalized spacial score (nSPS) is 12.4. The molecule has 75 heavy (non-hydrogen) atoms. The first-order valence-corrected chi connectivity index (χ1v) is 33.7. The first-order chi connectivity index (χ1) is 37.1. The van der Waals surface area contributed by atoms with Crippen molar-refractivity contribution < 1.29 is 24.2 Å². The van der Waals surface area contributed by atoms with E-state index < -0.39 is 6.10 Å². The number of hydrogen-bond donors (Lipinski definition) is 1. The average Bonchev–Trinajstić information content (AvgIpc) is 3.41. The van der Waals surface area contributed by atoms with Crippen molar-refractivity contribution in [1.29, 1.82) is 0 Å². The molecule has 0 bridgehead atoms. The summed E-state index contributed by atoms with van der Waals surface area (Å²) in [5, 5.41) is 9.68. The zero-order valence-electron chi connectivity index (χ0n) is 50.6. The Kier molecular flexibility index (Phi) is 64.3. The van der Waals surface area contributed by atoms with Crippen LogP contribution in [0.2, 0.25) is 0 Å². The van der Waals surface area contributed by atoms with E-state index in [4.69, 9.17) is 9.47 Å². The smallest absolute Gasteiger partial charge is 0.306 e. The first-order valence-electron chi connectivity index (χ1n) is 33.7. The molecule has 0 saturated heterocycles. The third-order valence-electron chi connectivity index (χ3n) is 15.4. The van der Waals surface area contributed by atoms with Gasteiger partial charge in [0.05, 0.1) is 6.61 Å². The van der Waals surface area contributed by atoms with Gasteiger partial charge in [-0.15, -0.1) is 0 Å². The van der Waals surface area contributed by atoms with Gasteiger partial charge in [-0.3, -0.25) is 9.59 Å². The molecule has 0 heterocycles. The maximum absolute atomic E-state index is 12.3. The van der Waals surface area contributed by atoms with Crippen LogP contribution in [0.1, 0.15) is 367 Å². The third-order valence-corrected chi connectivity index (χ3v) is 15.4. The third kappa shape index (κ3) is 64.3. The van der Waals surface area contributed by atoms with Gasteiger partial charge < -0.3 is 14.6 Å². The molecule has 0 aromatic carbocycles. The van der Waals surface area contributed by atoms with Crippen molar-refractivity contribution >= 4 is 11.9 Å². The largest absolute Gasteiger partial charge is 0.462 e. The Labute approximate surface area is 469 Å². The Hall–Kier alpha value is -2.14. The highest BCUT2D eigenvalue weighted by atomic mass is 16.6. The topological polar surface area (TPSA) is 72.8 Å². The Morgan fingerprint density at radius 3 is 0.867 bits per heavy atom. The molecular weight excluding hydrogens is 921 g/mol. The SMILES string of the molecule is CC/C=C\C/C=C\C/C=C\C/C=C\CCCCCCCCCCCCC(=O)OC(CO)COC(=O)CCCCCCCCCCCCCCCCCCCCCCCCCCCCCCCCCCCCCCCC. The van der Waals surface area contributed by atoms with E-state index in [9.17, 15) is 14.7 Å². The number of ether oxygens (including phenoxy) is 2. The van der Waals surface area contributed by atoms with Crippen LogP contribution in [0.25, 0.3) is 0 Å². The highest BCUT2D eigenvalue weighted by Crippen LogP contribution is 2.19. The molecule has 5 nitrogen and oxygen atoms in total. The molecule has 0 radical (unpaired) electrons. The van der Waals surface area contributed by atoms with Crippen LogP contribution in [0, 0.1) is 0 Å². The molecule has 0 aromatic rings. The highest BCUT2D eigenvalue weighted by Gasteiger charge is 2.16. The maximum Gasteiger partial charge on any atom is 0.306 e. The number of aliphatic hydroxyl groups is 1. The molecule has 0 aliphatic heterocycles. The van der Waals surface area contributed by atoms with Crippen LogP contribution in [0.3, 0.4) is 0 Å². The van der Waals surface area contributed by atoms with E-state index in [1.54, 1.807) is 0 Å². The quantitative estimate of drug-likeness (QED) is 0.0373. The Bertz CT molecular complexity index is 1230. The summed E-state index contributed by atoms with van der Waals surface area (Å²) in [6.45, 7) is 4.08. The predicted octanol–water partition coefficient (Wildman–Crippen LogP) is 23.2. The van der Waals surface area contributed by atoms with Crippen LogP contribution in [-0.4, -0.2) is 36.4 Å². The summed E-state index contributed by atoms with van der Waals surface area (Å²) in [6.07, 6.45) is 88.6. The van der Waals surface area contributed by atoms with E-state index in [1.807, 2.05) is 0 Å². The molecule has 0 amide bonds. The maximum atomic E-state index is 12.3. The van der Waals surface area contributed by atoms with Crippen LogP contribution in [0.5, 0.6) is 0 Å². The van der Waals surface area contributed by atoms with Gasteiger partial charge in [0, 0.05) is 12.8 Å². The number of allylic oxidation sites excluding steroid dienone is 8. The lowest BCUT2D eigenvalue weighted by Crippen LogP contribution is -2.28. The second kappa shape index (κ2) is 66.1. The molecule has 0 aromatic heterocycles. The van der Waals surface area contributed by atoms with E-state index in [0.29, 0.717) is 12.8 Å². The van der Waals surface area contributed by atoms with Crippen LogP contribution in [0.4, 0.5) is 0 Å². The van der Waals surface area contributed by atoms with Crippen LogP contribution < -0.4 is 0 Å². The van der Waals surface area contributed by atoms with E-state index in [2.05, 4.69) is 62.5 Å². The Morgan fingerprint density at radius 1 is 0.320 bits per heavy atom. The molecular formula is C70H130O5. The summed E-state index contributed by atoms with van der Waals surface area (Å²) >= 11 is 0. The fourth-order valence-electron chi connectivity index (χ4n) is 10.4. The van der Waals surface area contributed by atoms with Gasteiger partial charge >= 0.3 is 11.9 Å². The molecule has 0 spiro atoms. The monoisotopic (exact) mass is 1050 g/mol. The van der Waals surface area contributed by atoms with Gasteiger partial charge in [0.1, 0.15) is 6.61 Å². The minimum Gasteiger partial charge on any atom is -0.462 e. The summed E-state index contributed by atoms with van der Waals surface area (Å²) in [5.41, 5.74) is 0. The van der Waals surface area contributed by atoms with Crippen LogP contribution in [0.15, 0.2) is 48.6 Å². The zero-order chi connectivity index (χ0) is 54.1. The minimum absolute atomic E-state index is 0.0643. The fourth-order valence-corrected chi connectivity index (χ4v) is 10.4. The van der Waals surface area contributed by atoms with Crippen molar-refractivity contribution in [3.63, 3.8) is 0 Å². The zero-order valence-corrected chi connectivity index (χ0v) is 50.6. The number of rotatable bonds is 63. The Morgan fingerprint density at radius 2 is 0.573 bits per heavy atom. The summed E-state index contributed by atoms with van der Waals surface area (Å²) in [7, 11) is 0. The summed E-state index contributed by atoms with van der Waals surface area (Å²) in [5.74, 6) is -0.579. The predicted molar refractivity (Wildman–Crippen MR) is 330 cm³/mol. The lowest BCUT2D eigenvalue weighted by Gasteiger charge is -2.15. The Balaban J connectivity index is 3.37. The highest BCUT2D eigenvalue weighted by molar-refractivity contribution is 5.70. The summed E-state index contributed by atoms with van der Waals surface area (Å²) < 4.78 is 10.7. The molecule has 1 N–H and O–H groups in total. The lowest BCUT2D eigenvalue weighted by molar-refractivity contribution is -0.161. The molecule has 0 saturated carbocycles. The van der Waals surface area contributed by atoms with Crippen molar-refractivity contribution in [1.82, 2.24) is 0 Å². The molecule has 1 unspecified atom stereocenters.